The van der Waals surface area contributed by atoms with Crippen molar-refractivity contribution < 1.29 is 28.5 Å². The molecule has 0 amide bonds. The van der Waals surface area contributed by atoms with Crippen LogP contribution in [0, 0.1) is 11.8 Å². The molecule has 0 bridgehead atoms. The Balaban J connectivity index is 4.26. The highest BCUT2D eigenvalue weighted by Crippen LogP contribution is 2.23. The number of carbonyl (C=O) groups is 2. The second-order valence-electron chi connectivity index (χ2n) is 19.1. The van der Waals surface area contributed by atoms with Gasteiger partial charge in [-0.25, -0.2) is 0 Å². The Morgan fingerprint density at radius 2 is 0.754 bits per heavy atom. The minimum absolute atomic E-state index is 0.00137. The predicted octanol–water partition coefficient (Wildman–Crippen LogP) is 16.1. The highest BCUT2D eigenvalue weighted by atomic mass is 16.7. The summed E-state index contributed by atoms with van der Waals surface area (Å²) in [4.78, 5) is 27.0. The Bertz CT molecular complexity index is 834. The monoisotopic (exact) mass is 866 g/mol. The molecular weight excluding hydrogens is 759 g/mol. The Labute approximate surface area is 381 Å². The van der Waals surface area contributed by atoms with Crippen LogP contribution in [-0.2, 0) is 28.5 Å². The van der Waals surface area contributed by atoms with E-state index in [1.165, 1.54) is 167 Å². The van der Waals surface area contributed by atoms with E-state index in [2.05, 4.69) is 53.6 Å². The molecule has 1 unspecified atom stereocenters. The van der Waals surface area contributed by atoms with Crippen LogP contribution in [0.2, 0.25) is 0 Å². The highest BCUT2D eigenvalue weighted by molar-refractivity contribution is 5.69. The molecule has 0 fully saturated rings. The number of nitrogens with zero attached hydrogens (tertiary/aromatic N) is 1. The zero-order valence-electron chi connectivity index (χ0n) is 42.2. The summed E-state index contributed by atoms with van der Waals surface area (Å²) < 4.78 is 23.8. The van der Waals surface area contributed by atoms with Crippen LogP contribution in [0.1, 0.15) is 272 Å². The molecular formula is C54H107NO6. The second kappa shape index (κ2) is 46.8. The van der Waals surface area contributed by atoms with Gasteiger partial charge in [0.05, 0.1) is 25.9 Å². The van der Waals surface area contributed by atoms with E-state index in [9.17, 15) is 9.59 Å². The zero-order chi connectivity index (χ0) is 44.9. The summed E-state index contributed by atoms with van der Waals surface area (Å²) in [5.74, 6) is 1.43. The Hall–Kier alpha value is -1.18. The minimum atomic E-state index is -0.165. The molecule has 0 rings (SSSR count). The molecule has 0 aromatic carbocycles. The maximum atomic E-state index is 12.4. The third-order valence-corrected chi connectivity index (χ3v) is 12.7. The van der Waals surface area contributed by atoms with Crippen LogP contribution in [-0.4, -0.2) is 69.7 Å². The summed E-state index contributed by atoms with van der Waals surface area (Å²) in [6.45, 7) is 14.1. The Morgan fingerprint density at radius 1 is 0.410 bits per heavy atom. The van der Waals surface area contributed by atoms with Gasteiger partial charge in [-0.3, -0.25) is 9.59 Å². The lowest BCUT2D eigenvalue weighted by molar-refractivity contribution is -0.164. The molecule has 0 aromatic rings. The lowest BCUT2D eigenvalue weighted by atomic mass is 9.92. The second-order valence-corrected chi connectivity index (χ2v) is 19.1. The first-order valence-corrected chi connectivity index (χ1v) is 27.0. The van der Waals surface area contributed by atoms with E-state index < -0.39 is 0 Å². The zero-order valence-corrected chi connectivity index (χ0v) is 42.2. The van der Waals surface area contributed by atoms with Crippen molar-refractivity contribution in [2.45, 2.75) is 285 Å². The van der Waals surface area contributed by atoms with Gasteiger partial charge in [0.15, 0.2) is 6.29 Å². The number of hydrogen-bond donors (Lipinski definition) is 0. The first-order chi connectivity index (χ1) is 29.7. The third-order valence-electron chi connectivity index (χ3n) is 12.7. The molecule has 364 valence electrons. The van der Waals surface area contributed by atoms with E-state index in [0.29, 0.717) is 37.9 Å². The molecule has 0 aromatic heterocycles. The average molecular weight is 866 g/mol. The topological polar surface area (TPSA) is 74.3 Å². The van der Waals surface area contributed by atoms with Gasteiger partial charge in [0.25, 0.3) is 0 Å². The molecule has 7 heteroatoms. The first kappa shape index (κ1) is 59.8. The van der Waals surface area contributed by atoms with Crippen molar-refractivity contribution in [2.24, 2.45) is 11.8 Å². The normalized spacial score (nSPS) is 12.4. The van der Waals surface area contributed by atoms with Crippen LogP contribution in [0.25, 0.3) is 0 Å². The number of esters is 2. The Kier molecular flexibility index (Phi) is 45.9. The average Bonchev–Trinajstić information content (AvgIpc) is 3.23. The summed E-state index contributed by atoms with van der Waals surface area (Å²) in [6.07, 6.45) is 43.6. The van der Waals surface area contributed by atoms with Crippen molar-refractivity contribution in [3.8, 4) is 0 Å². The van der Waals surface area contributed by atoms with Gasteiger partial charge in [0.2, 0.25) is 0 Å². The Morgan fingerprint density at radius 3 is 1.11 bits per heavy atom. The SMILES string of the molecule is CCCCCC(CCCCC)CCOC(=O)CCCCCCCCCC(CCCCCCCCCC(=O)OCCC(CCCCC)CCCCC)OC(C)OCCCN(C)C. The maximum Gasteiger partial charge on any atom is 0.305 e. The highest BCUT2D eigenvalue weighted by Gasteiger charge is 2.15. The molecule has 0 N–H and O–H groups in total. The van der Waals surface area contributed by atoms with Crippen LogP contribution in [0.15, 0.2) is 0 Å². The van der Waals surface area contributed by atoms with E-state index in [1.54, 1.807) is 0 Å². The minimum Gasteiger partial charge on any atom is -0.466 e. The first-order valence-electron chi connectivity index (χ1n) is 27.0. The third kappa shape index (κ3) is 43.8. The quantitative estimate of drug-likeness (QED) is 0.0342. The van der Waals surface area contributed by atoms with Crippen molar-refractivity contribution >= 4 is 11.9 Å². The summed E-state index contributed by atoms with van der Waals surface area (Å²) in [6, 6.07) is 0. The summed E-state index contributed by atoms with van der Waals surface area (Å²) in [5.41, 5.74) is 0. The number of unbranched alkanes of at least 4 members (excludes halogenated alkanes) is 20. The van der Waals surface area contributed by atoms with Crippen LogP contribution in [0.5, 0.6) is 0 Å². The molecule has 0 radical (unpaired) electrons. The molecule has 0 saturated heterocycles. The van der Waals surface area contributed by atoms with E-state index in [-0.39, 0.29) is 24.3 Å². The van der Waals surface area contributed by atoms with Crippen molar-refractivity contribution in [1.82, 2.24) is 4.90 Å². The van der Waals surface area contributed by atoms with Gasteiger partial charge >= 0.3 is 11.9 Å². The van der Waals surface area contributed by atoms with Gasteiger partial charge in [-0.1, -0.05) is 207 Å². The van der Waals surface area contributed by atoms with Crippen molar-refractivity contribution in [2.75, 3.05) is 40.5 Å². The van der Waals surface area contributed by atoms with Gasteiger partial charge in [-0.15, -0.1) is 0 Å². The fourth-order valence-electron chi connectivity index (χ4n) is 8.69. The van der Waals surface area contributed by atoms with E-state index in [1.807, 2.05) is 0 Å². The number of carbonyl (C=O) groups excluding carboxylic acids is 2. The van der Waals surface area contributed by atoms with Gasteiger partial charge in [-0.05, 0) is 84.3 Å². The lowest BCUT2D eigenvalue weighted by Gasteiger charge is -2.23. The fourth-order valence-corrected chi connectivity index (χ4v) is 8.69. The van der Waals surface area contributed by atoms with Gasteiger partial charge in [0.1, 0.15) is 0 Å². The summed E-state index contributed by atoms with van der Waals surface area (Å²) in [5, 5.41) is 0. The van der Waals surface area contributed by atoms with Crippen LogP contribution in [0.3, 0.4) is 0 Å². The summed E-state index contributed by atoms with van der Waals surface area (Å²) in [7, 11) is 4.21. The van der Waals surface area contributed by atoms with Crippen LogP contribution >= 0.6 is 0 Å². The summed E-state index contributed by atoms with van der Waals surface area (Å²) >= 11 is 0. The van der Waals surface area contributed by atoms with Crippen molar-refractivity contribution in [1.29, 1.82) is 0 Å². The largest absolute Gasteiger partial charge is 0.466 e. The van der Waals surface area contributed by atoms with E-state index in [0.717, 1.165) is 70.9 Å². The maximum absolute atomic E-state index is 12.4. The number of rotatable bonds is 49. The molecule has 1 atom stereocenters. The smallest absolute Gasteiger partial charge is 0.305 e. The van der Waals surface area contributed by atoms with Gasteiger partial charge < -0.3 is 23.8 Å². The molecule has 0 aliphatic rings. The molecule has 61 heavy (non-hydrogen) atoms. The predicted molar refractivity (Wildman–Crippen MR) is 261 cm³/mol. The molecule has 0 spiro atoms. The lowest BCUT2D eigenvalue weighted by Crippen LogP contribution is -2.24. The van der Waals surface area contributed by atoms with Crippen LogP contribution < -0.4 is 0 Å². The molecule has 0 aliphatic carbocycles. The van der Waals surface area contributed by atoms with E-state index >= 15 is 0 Å². The van der Waals surface area contributed by atoms with Crippen LogP contribution in [0.4, 0.5) is 0 Å². The van der Waals surface area contributed by atoms with Crippen molar-refractivity contribution in [3.05, 3.63) is 0 Å². The number of hydrogen-bond acceptors (Lipinski definition) is 7. The van der Waals surface area contributed by atoms with E-state index in [4.69, 9.17) is 18.9 Å². The van der Waals surface area contributed by atoms with Gasteiger partial charge in [0, 0.05) is 12.8 Å². The number of ether oxygens (including phenoxy) is 4. The molecule has 7 nitrogen and oxygen atoms in total. The van der Waals surface area contributed by atoms with Gasteiger partial charge in [-0.2, -0.15) is 0 Å². The molecule has 0 aliphatic heterocycles. The van der Waals surface area contributed by atoms with Crippen molar-refractivity contribution in [3.63, 3.8) is 0 Å². The molecule has 0 heterocycles. The molecule has 0 saturated carbocycles. The standard InChI is InChI=1S/C54H107NO6/c1-8-12-26-35-50(36-27-13-9-2)43-47-59-53(56)41-32-24-20-16-18-22-30-39-52(61-49(5)58-46-34-45-55(6)7)40-31-23-19-17-21-25-33-42-54(57)60-48-44-51(37-28-14-10-3)38-29-15-11-4/h49-52H,8-48H2,1-7H3. The fraction of sp³-hybridized carbons (Fsp3) is 0.963.